The van der Waals surface area contributed by atoms with Crippen molar-refractivity contribution in [1.82, 2.24) is 20.9 Å². The van der Waals surface area contributed by atoms with Crippen molar-refractivity contribution in [3.05, 3.63) is 35.9 Å². The molecule has 36 heavy (non-hydrogen) atoms. The van der Waals surface area contributed by atoms with Crippen molar-refractivity contribution in [3.8, 4) is 0 Å². The number of carboxylic acids is 1. The predicted octanol–water partition coefficient (Wildman–Crippen LogP) is 1.19. The Bertz CT molecular complexity index is 936. The second-order valence-corrected chi connectivity index (χ2v) is 9.65. The van der Waals surface area contributed by atoms with Crippen molar-refractivity contribution in [3.63, 3.8) is 0 Å². The molecule has 1 fully saturated rings. The van der Waals surface area contributed by atoms with E-state index in [1.807, 2.05) is 6.07 Å². The van der Waals surface area contributed by atoms with E-state index in [2.05, 4.69) is 20.9 Å². The van der Waals surface area contributed by atoms with Gasteiger partial charge in [0.15, 0.2) is 5.17 Å². The van der Waals surface area contributed by atoms with Crippen LogP contribution >= 0.6 is 11.8 Å². The van der Waals surface area contributed by atoms with Gasteiger partial charge in [-0.25, -0.2) is 9.59 Å². The lowest BCUT2D eigenvalue weighted by atomic mass is 9.95. The number of carbonyl (C=O) groups is 4. The molecule has 2 aliphatic heterocycles. The Morgan fingerprint density at radius 3 is 2.58 bits per heavy atom. The molecule has 3 amide bonds. The summed E-state index contributed by atoms with van der Waals surface area (Å²) in [6.45, 7) is 2.26. The quantitative estimate of drug-likeness (QED) is 0.319. The predicted molar refractivity (Wildman–Crippen MR) is 135 cm³/mol. The number of carboxylic acid groups (broad SMARTS) is 1. The van der Waals surface area contributed by atoms with Gasteiger partial charge in [0.2, 0.25) is 11.8 Å². The molecule has 0 aliphatic carbocycles. The van der Waals surface area contributed by atoms with Crippen LogP contribution < -0.4 is 16.0 Å². The van der Waals surface area contributed by atoms with Crippen molar-refractivity contribution in [2.45, 2.75) is 38.3 Å². The lowest BCUT2D eigenvalue weighted by Gasteiger charge is -2.31. The number of alkyl carbamates (subject to hydrolysis) is 1. The molecule has 4 N–H and O–H groups in total. The van der Waals surface area contributed by atoms with Crippen LogP contribution in [0.15, 0.2) is 35.3 Å². The minimum Gasteiger partial charge on any atom is -0.480 e. The molecule has 1 atom stereocenters. The number of piperidine rings is 1. The van der Waals surface area contributed by atoms with Crippen LogP contribution in [0.5, 0.6) is 0 Å². The zero-order valence-corrected chi connectivity index (χ0v) is 20.9. The summed E-state index contributed by atoms with van der Waals surface area (Å²) < 4.78 is 5.05. The number of hydrogen-bond acceptors (Lipinski definition) is 8. The number of nitrogens with one attached hydrogen (secondary N) is 3. The van der Waals surface area contributed by atoms with E-state index in [1.54, 1.807) is 40.9 Å². The normalized spacial score (nSPS) is 16.6. The van der Waals surface area contributed by atoms with Crippen LogP contribution in [0, 0.1) is 5.92 Å². The van der Waals surface area contributed by atoms with Gasteiger partial charge in [-0.05, 0) is 24.8 Å². The number of ether oxygens (including phenoxy) is 1. The summed E-state index contributed by atoms with van der Waals surface area (Å²) in [4.78, 5) is 54.6. The van der Waals surface area contributed by atoms with Gasteiger partial charge in [-0.15, -0.1) is 0 Å². The Hall–Kier alpha value is -3.28. The minimum absolute atomic E-state index is 0.00748. The molecule has 3 rings (SSSR count). The molecule has 1 saturated heterocycles. The van der Waals surface area contributed by atoms with Crippen molar-refractivity contribution in [1.29, 1.82) is 0 Å². The maximum atomic E-state index is 12.6. The monoisotopic (exact) mass is 519 g/mol. The van der Waals surface area contributed by atoms with Crippen molar-refractivity contribution >= 4 is 40.8 Å². The molecule has 1 aromatic rings. The van der Waals surface area contributed by atoms with E-state index >= 15 is 0 Å². The first-order valence-corrected chi connectivity index (χ1v) is 13.1. The van der Waals surface area contributed by atoms with Gasteiger partial charge in [-0.3, -0.25) is 14.6 Å². The number of hydrogen-bond donors (Lipinski definition) is 4. The smallest absolute Gasteiger partial charge is 0.408 e. The van der Waals surface area contributed by atoms with Crippen LogP contribution in [0.3, 0.4) is 0 Å². The lowest BCUT2D eigenvalue weighted by Crippen LogP contribution is -2.50. The van der Waals surface area contributed by atoms with Gasteiger partial charge >= 0.3 is 12.1 Å². The first-order valence-electron chi connectivity index (χ1n) is 12.1. The van der Waals surface area contributed by atoms with Gasteiger partial charge in [0.1, 0.15) is 12.6 Å². The molecule has 0 unspecified atom stereocenters. The Kier molecular flexibility index (Phi) is 10.9. The van der Waals surface area contributed by atoms with Gasteiger partial charge in [0.05, 0.1) is 6.54 Å². The highest BCUT2D eigenvalue weighted by molar-refractivity contribution is 8.14. The lowest BCUT2D eigenvalue weighted by molar-refractivity contribution is -0.140. The Morgan fingerprint density at radius 1 is 1.17 bits per heavy atom. The van der Waals surface area contributed by atoms with Crippen LogP contribution in [0.4, 0.5) is 4.79 Å². The molecular weight excluding hydrogens is 486 g/mol. The van der Waals surface area contributed by atoms with Crippen molar-refractivity contribution in [2.24, 2.45) is 10.9 Å². The van der Waals surface area contributed by atoms with Crippen LogP contribution in [0.25, 0.3) is 0 Å². The first-order chi connectivity index (χ1) is 17.4. The molecule has 2 heterocycles. The second kappa shape index (κ2) is 14.3. The zero-order valence-electron chi connectivity index (χ0n) is 20.1. The number of rotatable bonds is 11. The summed E-state index contributed by atoms with van der Waals surface area (Å²) in [7, 11) is 0. The topological polar surface area (TPSA) is 149 Å². The fourth-order valence-corrected chi connectivity index (χ4v) is 4.64. The average molecular weight is 520 g/mol. The Morgan fingerprint density at radius 2 is 1.92 bits per heavy atom. The largest absolute Gasteiger partial charge is 0.480 e. The number of thioether (sulfide) groups is 1. The minimum atomic E-state index is -1.32. The van der Waals surface area contributed by atoms with E-state index in [-0.39, 0.29) is 30.9 Å². The number of amidine groups is 1. The number of aliphatic carboxylic acids is 1. The fourth-order valence-electron chi connectivity index (χ4n) is 3.88. The summed E-state index contributed by atoms with van der Waals surface area (Å²) in [5, 5.41) is 18.5. The maximum Gasteiger partial charge on any atom is 0.408 e. The standard InChI is InChI=1S/C24H33N5O6S/c30-20(7-4-10-25-23-26-11-14-36-23)29-12-8-18(9-13-29)21(31)27-15-19(22(32)33)28-24(34)35-16-17-5-2-1-3-6-17/h1-3,5-6,18-19H,4,7-16H2,(H,25,26)(H,27,31)(H,28,34)(H,32,33)/t19-/m0/s1. The Labute approximate surface area is 214 Å². The summed E-state index contributed by atoms with van der Waals surface area (Å²) in [5.74, 6) is -0.806. The maximum absolute atomic E-state index is 12.6. The SMILES string of the molecule is O=C(N[C@@H](CNC(=O)C1CCN(C(=O)CCCNC2=NCCS2)CC1)C(=O)O)OCc1ccccc1. The van der Waals surface area contributed by atoms with Crippen LogP contribution in [0.1, 0.15) is 31.2 Å². The molecule has 2 aliphatic rings. The van der Waals surface area contributed by atoms with E-state index in [1.165, 1.54) is 0 Å². The van der Waals surface area contributed by atoms with Gasteiger partial charge in [-0.1, -0.05) is 42.1 Å². The third-order valence-corrected chi connectivity index (χ3v) is 6.86. The molecule has 0 bridgehead atoms. The fraction of sp³-hybridized carbons (Fsp3) is 0.542. The van der Waals surface area contributed by atoms with E-state index in [0.29, 0.717) is 38.9 Å². The number of likely N-dealkylation sites (tertiary alicyclic amines) is 1. The molecule has 0 spiro atoms. The molecule has 12 heteroatoms. The van der Waals surface area contributed by atoms with Gasteiger partial charge in [-0.2, -0.15) is 0 Å². The molecule has 1 aromatic carbocycles. The third kappa shape index (κ3) is 9.06. The van der Waals surface area contributed by atoms with Crippen LogP contribution in [-0.2, 0) is 25.7 Å². The van der Waals surface area contributed by atoms with Crippen molar-refractivity contribution in [2.75, 3.05) is 38.5 Å². The molecule has 11 nitrogen and oxygen atoms in total. The Balaban J connectivity index is 1.32. The summed E-state index contributed by atoms with van der Waals surface area (Å²) in [6, 6.07) is 7.69. The zero-order chi connectivity index (χ0) is 25.8. The number of benzene rings is 1. The summed E-state index contributed by atoms with van der Waals surface area (Å²) in [5.41, 5.74) is 0.771. The van der Waals surface area contributed by atoms with Crippen LogP contribution in [-0.4, -0.2) is 83.6 Å². The highest BCUT2D eigenvalue weighted by atomic mass is 32.2. The first kappa shape index (κ1) is 27.3. The van der Waals surface area contributed by atoms with Gasteiger partial charge < -0.3 is 30.7 Å². The number of amides is 3. The summed E-state index contributed by atoms with van der Waals surface area (Å²) in [6.07, 6.45) is 1.29. The van der Waals surface area contributed by atoms with E-state index < -0.39 is 18.1 Å². The summed E-state index contributed by atoms with van der Waals surface area (Å²) >= 11 is 1.69. The molecular formula is C24H33N5O6S. The van der Waals surface area contributed by atoms with Gasteiger partial charge in [0, 0.05) is 44.3 Å². The molecule has 0 radical (unpaired) electrons. The van der Waals surface area contributed by atoms with E-state index in [0.717, 1.165) is 29.4 Å². The number of aliphatic imine (C=N–C) groups is 1. The average Bonchev–Trinajstić information content (AvgIpc) is 3.41. The molecule has 0 saturated carbocycles. The van der Waals surface area contributed by atoms with Crippen molar-refractivity contribution < 1.29 is 29.0 Å². The van der Waals surface area contributed by atoms with E-state index in [9.17, 15) is 24.3 Å². The second-order valence-electron chi connectivity index (χ2n) is 8.56. The number of nitrogens with zero attached hydrogens (tertiary/aromatic N) is 2. The van der Waals surface area contributed by atoms with E-state index in [4.69, 9.17) is 4.74 Å². The molecule has 196 valence electrons. The van der Waals surface area contributed by atoms with Gasteiger partial charge in [0.25, 0.3) is 0 Å². The highest BCUT2D eigenvalue weighted by Gasteiger charge is 2.28. The third-order valence-electron chi connectivity index (χ3n) is 5.93. The van der Waals surface area contributed by atoms with Crippen LogP contribution in [0.2, 0.25) is 0 Å². The molecule has 0 aromatic heterocycles. The number of carbonyl (C=O) groups excluding carboxylic acids is 3. The highest BCUT2D eigenvalue weighted by Crippen LogP contribution is 2.18.